The van der Waals surface area contributed by atoms with Crippen LogP contribution in [0.1, 0.15) is 17.0 Å². The molecule has 0 saturated carbocycles. The lowest BCUT2D eigenvalue weighted by Gasteiger charge is -2.41. The van der Waals surface area contributed by atoms with Gasteiger partial charge >= 0.3 is 0 Å². The zero-order valence-corrected chi connectivity index (χ0v) is 17.7. The Morgan fingerprint density at radius 3 is 2.00 bits per heavy atom. The largest absolute Gasteiger partial charge is 0.497 e. The first-order valence-corrected chi connectivity index (χ1v) is 11.6. The SMILES string of the molecule is COc1ccc(S(=O)(=O)C2CN(C(=O)C3c4ccccc4Oc4ccccc43)C2)cc1. The van der Waals surface area contributed by atoms with Crippen LogP contribution in [0.5, 0.6) is 17.2 Å². The van der Waals surface area contributed by atoms with Gasteiger partial charge in [-0.25, -0.2) is 8.42 Å². The molecule has 0 atom stereocenters. The van der Waals surface area contributed by atoms with Crippen LogP contribution in [0, 0.1) is 0 Å². The average Bonchev–Trinajstić information content (AvgIpc) is 2.76. The summed E-state index contributed by atoms with van der Waals surface area (Å²) in [5, 5.41) is -0.616. The van der Waals surface area contributed by atoms with E-state index in [1.54, 1.807) is 29.2 Å². The zero-order chi connectivity index (χ0) is 21.6. The second-order valence-corrected chi connectivity index (χ2v) is 9.92. The predicted molar refractivity (Wildman–Crippen MR) is 115 cm³/mol. The summed E-state index contributed by atoms with van der Waals surface area (Å²) >= 11 is 0. The van der Waals surface area contributed by atoms with Gasteiger partial charge in [-0.2, -0.15) is 0 Å². The topological polar surface area (TPSA) is 72.9 Å². The van der Waals surface area contributed by atoms with Gasteiger partial charge in [-0.3, -0.25) is 4.79 Å². The third-order valence-corrected chi connectivity index (χ3v) is 8.02. The highest BCUT2D eigenvalue weighted by atomic mass is 32.2. The standard InChI is InChI=1S/C24H21NO5S/c1-29-16-10-12-17(13-11-16)31(27,28)18-14-25(15-18)24(26)23-19-6-2-4-8-21(19)30-22-9-5-3-7-20(22)23/h2-13,18,23H,14-15H2,1H3. The normalized spacial score (nSPS) is 16.0. The highest BCUT2D eigenvalue weighted by Gasteiger charge is 2.44. The molecule has 0 N–H and O–H groups in total. The summed E-state index contributed by atoms with van der Waals surface area (Å²) in [6, 6.07) is 21.3. The van der Waals surface area contributed by atoms with E-state index in [0.29, 0.717) is 17.2 Å². The van der Waals surface area contributed by atoms with Crippen LogP contribution >= 0.6 is 0 Å². The minimum Gasteiger partial charge on any atom is -0.497 e. The summed E-state index contributed by atoms with van der Waals surface area (Å²) in [6.45, 7) is 0.351. The van der Waals surface area contributed by atoms with Crippen molar-refractivity contribution in [2.24, 2.45) is 0 Å². The van der Waals surface area contributed by atoms with Crippen LogP contribution in [0.25, 0.3) is 0 Å². The monoisotopic (exact) mass is 435 g/mol. The highest BCUT2D eigenvalue weighted by molar-refractivity contribution is 7.92. The van der Waals surface area contributed by atoms with E-state index in [9.17, 15) is 13.2 Å². The molecule has 0 aliphatic carbocycles. The molecule has 1 amide bonds. The first kappa shape index (κ1) is 19.6. The van der Waals surface area contributed by atoms with Crippen LogP contribution in [0.3, 0.4) is 0 Å². The highest BCUT2D eigenvalue weighted by Crippen LogP contribution is 2.45. The van der Waals surface area contributed by atoms with Gasteiger partial charge in [0.1, 0.15) is 22.5 Å². The number of hydrogen-bond acceptors (Lipinski definition) is 5. The Hall–Kier alpha value is -3.32. The number of benzene rings is 3. The average molecular weight is 436 g/mol. The number of fused-ring (bicyclic) bond motifs is 2. The Morgan fingerprint density at radius 1 is 0.903 bits per heavy atom. The Balaban J connectivity index is 1.38. The van der Waals surface area contributed by atoms with Gasteiger partial charge in [0.2, 0.25) is 5.91 Å². The molecule has 2 aliphatic rings. The van der Waals surface area contributed by atoms with Gasteiger partial charge in [-0.05, 0) is 36.4 Å². The van der Waals surface area contributed by atoms with Gasteiger partial charge in [0, 0.05) is 24.2 Å². The summed E-state index contributed by atoms with van der Waals surface area (Å²) in [7, 11) is -1.99. The van der Waals surface area contributed by atoms with E-state index in [1.807, 2.05) is 48.5 Å². The molecule has 0 spiro atoms. The fraction of sp³-hybridized carbons (Fsp3) is 0.208. The number of methoxy groups -OCH3 is 1. The fourth-order valence-corrected chi connectivity index (χ4v) is 5.78. The quantitative estimate of drug-likeness (QED) is 0.626. The van der Waals surface area contributed by atoms with E-state index in [0.717, 1.165) is 11.1 Å². The molecule has 6 nitrogen and oxygen atoms in total. The third-order valence-electron chi connectivity index (χ3n) is 5.91. The number of sulfone groups is 1. The smallest absolute Gasteiger partial charge is 0.234 e. The number of amides is 1. The van der Waals surface area contributed by atoms with Gasteiger partial charge in [0.15, 0.2) is 9.84 Å². The molecule has 0 bridgehead atoms. The van der Waals surface area contributed by atoms with Crippen LogP contribution in [0.15, 0.2) is 77.7 Å². The van der Waals surface area contributed by atoms with Crippen molar-refractivity contribution in [3.05, 3.63) is 83.9 Å². The summed E-state index contributed by atoms with van der Waals surface area (Å²) in [5.41, 5.74) is 1.60. The van der Waals surface area contributed by atoms with Gasteiger partial charge in [0.25, 0.3) is 0 Å². The second kappa shape index (κ2) is 7.42. The lowest BCUT2D eigenvalue weighted by Crippen LogP contribution is -2.58. The Bertz CT molecular complexity index is 1200. The van der Waals surface area contributed by atoms with Crippen LogP contribution in [0.4, 0.5) is 0 Å². The van der Waals surface area contributed by atoms with Crippen LogP contribution in [-0.4, -0.2) is 44.7 Å². The third kappa shape index (κ3) is 3.25. The second-order valence-electron chi connectivity index (χ2n) is 7.70. The minimum atomic E-state index is -3.52. The van der Waals surface area contributed by atoms with Gasteiger partial charge in [-0.1, -0.05) is 36.4 Å². The molecule has 2 heterocycles. The van der Waals surface area contributed by atoms with Crippen LogP contribution in [0.2, 0.25) is 0 Å². The summed E-state index contributed by atoms with van der Waals surface area (Å²) < 4.78 is 37.0. The van der Waals surface area contributed by atoms with Gasteiger partial charge in [0.05, 0.1) is 17.9 Å². The Morgan fingerprint density at radius 2 is 1.45 bits per heavy atom. The van der Waals surface area contributed by atoms with E-state index in [2.05, 4.69) is 0 Å². The number of likely N-dealkylation sites (tertiary alicyclic amines) is 1. The zero-order valence-electron chi connectivity index (χ0n) is 16.9. The van der Waals surface area contributed by atoms with Crippen molar-refractivity contribution >= 4 is 15.7 Å². The molecule has 2 aliphatic heterocycles. The van der Waals surface area contributed by atoms with Crippen molar-refractivity contribution in [2.75, 3.05) is 20.2 Å². The first-order chi connectivity index (χ1) is 15.0. The Labute approximate surface area is 180 Å². The number of ether oxygens (including phenoxy) is 2. The van der Waals surface area contributed by atoms with E-state index in [4.69, 9.17) is 9.47 Å². The molecule has 1 saturated heterocycles. The number of nitrogens with zero attached hydrogens (tertiary/aromatic N) is 1. The van der Waals surface area contributed by atoms with Crippen molar-refractivity contribution in [1.82, 2.24) is 4.90 Å². The lowest BCUT2D eigenvalue weighted by molar-refractivity contribution is -0.135. The van der Waals surface area contributed by atoms with E-state index in [1.165, 1.54) is 7.11 Å². The summed E-state index contributed by atoms with van der Waals surface area (Å²) in [6.07, 6.45) is 0. The van der Waals surface area contributed by atoms with E-state index >= 15 is 0 Å². The number of para-hydroxylation sites is 2. The molecular formula is C24H21NO5S. The number of rotatable bonds is 4. The van der Waals surface area contributed by atoms with Crippen molar-refractivity contribution in [1.29, 1.82) is 0 Å². The molecule has 158 valence electrons. The Kier molecular flexibility index (Phi) is 4.70. The van der Waals surface area contributed by atoms with Gasteiger partial charge < -0.3 is 14.4 Å². The molecule has 3 aromatic carbocycles. The van der Waals surface area contributed by atoms with Crippen LogP contribution in [-0.2, 0) is 14.6 Å². The fourth-order valence-electron chi connectivity index (χ4n) is 4.13. The van der Waals surface area contributed by atoms with Crippen LogP contribution < -0.4 is 9.47 Å². The molecule has 3 aromatic rings. The maximum absolute atomic E-state index is 13.5. The van der Waals surface area contributed by atoms with E-state index in [-0.39, 0.29) is 23.9 Å². The first-order valence-electron chi connectivity index (χ1n) is 10.0. The predicted octanol–water partition coefficient (Wildman–Crippen LogP) is 3.62. The number of hydrogen-bond donors (Lipinski definition) is 0. The molecule has 0 aromatic heterocycles. The molecule has 31 heavy (non-hydrogen) atoms. The molecule has 1 fully saturated rings. The van der Waals surface area contributed by atoms with Crippen molar-refractivity contribution in [3.63, 3.8) is 0 Å². The summed E-state index contributed by atoms with van der Waals surface area (Å²) in [4.78, 5) is 15.3. The molecule has 0 radical (unpaired) electrons. The van der Waals surface area contributed by atoms with Crippen molar-refractivity contribution < 1.29 is 22.7 Å². The number of carbonyl (C=O) groups excluding carboxylic acids is 1. The van der Waals surface area contributed by atoms with Gasteiger partial charge in [-0.15, -0.1) is 0 Å². The molecule has 7 heteroatoms. The van der Waals surface area contributed by atoms with Crippen molar-refractivity contribution in [3.8, 4) is 17.2 Å². The minimum absolute atomic E-state index is 0.107. The number of carbonyl (C=O) groups is 1. The van der Waals surface area contributed by atoms with Crippen molar-refractivity contribution in [2.45, 2.75) is 16.1 Å². The summed E-state index contributed by atoms with van der Waals surface area (Å²) in [5.74, 6) is 1.29. The molecule has 0 unspecified atom stereocenters. The molecular weight excluding hydrogens is 414 g/mol. The lowest BCUT2D eigenvalue weighted by atomic mass is 9.86. The van der Waals surface area contributed by atoms with E-state index < -0.39 is 21.0 Å². The maximum atomic E-state index is 13.5. The molecule has 5 rings (SSSR count). The maximum Gasteiger partial charge on any atom is 0.234 e.